The molecule has 0 saturated carbocycles. The second-order valence-electron chi connectivity index (χ2n) is 7.77. The summed E-state index contributed by atoms with van der Waals surface area (Å²) >= 11 is 0. The first-order chi connectivity index (χ1) is 15.3. The highest BCUT2D eigenvalue weighted by Gasteiger charge is 2.28. The predicted octanol–water partition coefficient (Wildman–Crippen LogP) is 8.33. The van der Waals surface area contributed by atoms with Crippen LogP contribution in [0.1, 0.15) is 71.9 Å². The molecule has 0 aliphatic heterocycles. The van der Waals surface area contributed by atoms with Gasteiger partial charge in [-0.15, -0.1) is 6.58 Å². The van der Waals surface area contributed by atoms with Gasteiger partial charge in [-0.1, -0.05) is 81.5 Å². The van der Waals surface area contributed by atoms with E-state index in [1.807, 2.05) is 64.2 Å². The second-order valence-corrected chi connectivity index (χ2v) is 7.77. The summed E-state index contributed by atoms with van der Waals surface area (Å²) in [7, 11) is 2.00. The molecule has 0 bridgehead atoms. The van der Waals surface area contributed by atoms with Crippen LogP contribution in [0.2, 0.25) is 0 Å². The molecule has 0 heterocycles. The Hall–Kier alpha value is -2.89. The maximum absolute atomic E-state index is 9.02. The third kappa shape index (κ3) is 9.50. The summed E-state index contributed by atoms with van der Waals surface area (Å²) in [4.78, 5) is 0. The zero-order valence-corrected chi connectivity index (χ0v) is 21.3. The van der Waals surface area contributed by atoms with E-state index >= 15 is 0 Å². The Balaban J connectivity index is 0.000000738. The lowest BCUT2D eigenvalue weighted by molar-refractivity contribution is 0.442. The lowest BCUT2D eigenvalue weighted by Crippen LogP contribution is -2.41. The summed E-state index contributed by atoms with van der Waals surface area (Å²) in [5, 5.41) is 12.5. The van der Waals surface area contributed by atoms with Gasteiger partial charge in [-0.05, 0) is 81.5 Å². The monoisotopic (exact) mass is 430 g/mol. The molecule has 1 N–H and O–H groups in total. The van der Waals surface area contributed by atoms with Gasteiger partial charge >= 0.3 is 0 Å². The molecule has 1 aromatic carbocycles. The van der Waals surface area contributed by atoms with Gasteiger partial charge in [0.2, 0.25) is 0 Å². The maximum Gasteiger partial charge on any atom is 0.0991 e. The van der Waals surface area contributed by atoms with Crippen LogP contribution in [0.5, 0.6) is 0 Å². The van der Waals surface area contributed by atoms with Gasteiger partial charge < -0.3 is 5.32 Å². The molecule has 0 fully saturated rings. The van der Waals surface area contributed by atoms with E-state index in [0.29, 0.717) is 5.56 Å². The van der Waals surface area contributed by atoms with Crippen LogP contribution < -0.4 is 5.32 Å². The number of nitrogens with one attached hydrogen (secondary N) is 1. The number of nitrogens with zero attached hydrogens (tertiary/aromatic N) is 1. The highest BCUT2D eigenvalue weighted by atomic mass is 14.9. The highest BCUT2D eigenvalue weighted by molar-refractivity contribution is 5.78. The Labute approximate surface area is 197 Å². The molecule has 0 spiro atoms. The van der Waals surface area contributed by atoms with Crippen LogP contribution in [0.3, 0.4) is 0 Å². The van der Waals surface area contributed by atoms with E-state index in [2.05, 4.69) is 69.6 Å². The molecule has 1 aromatic rings. The molecular formula is C30H42N2. The zero-order chi connectivity index (χ0) is 24.6. The number of hydrogen-bond donors (Lipinski definition) is 1. The van der Waals surface area contributed by atoms with Crippen molar-refractivity contribution in [3.8, 4) is 6.07 Å². The fourth-order valence-corrected chi connectivity index (χ4v) is 3.40. The second kappa shape index (κ2) is 15.8. The Bertz CT molecular complexity index is 903. The van der Waals surface area contributed by atoms with E-state index in [-0.39, 0.29) is 5.54 Å². The van der Waals surface area contributed by atoms with Gasteiger partial charge in [0.1, 0.15) is 0 Å². The zero-order valence-electron chi connectivity index (χ0n) is 21.3. The molecule has 0 saturated heterocycles. The standard InChI is InChI=1S/C19H22N2.C9H14.C2H6/c1-14(2)12-19(3,21-4)18-9-8-17(11-18)16-7-5-6-15(10-16)13-20;1-4-7-8-9(5-2)6-3;1-2/h5-8,10-11,21H,1,9,12H2,2-4H3;4-5,7-8H,2,6H2,1,3H3;1-2H3/b;7-4-,9-8+;. The molecule has 172 valence electrons. The normalized spacial score (nSPS) is 14.6. The SMILES string of the molecule is C=C(C)CC(C)(NC)C1=CC(c2cccc(C#N)c2)=CC1.C=C/C(=C\C=C/C)CC.CC. The third-order valence-electron chi connectivity index (χ3n) is 5.29. The molecule has 0 amide bonds. The topological polar surface area (TPSA) is 35.8 Å². The van der Waals surface area contributed by atoms with Crippen molar-refractivity contribution in [1.29, 1.82) is 5.26 Å². The molecular weight excluding hydrogens is 388 g/mol. The van der Waals surface area contributed by atoms with Crippen molar-refractivity contribution in [3.63, 3.8) is 0 Å². The van der Waals surface area contributed by atoms with Crippen LogP contribution in [0.4, 0.5) is 0 Å². The Morgan fingerprint density at radius 3 is 2.50 bits per heavy atom. The Kier molecular flexibility index (Phi) is 14.4. The highest BCUT2D eigenvalue weighted by Crippen LogP contribution is 2.35. The minimum atomic E-state index is -0.0586. The number of nitriles is 1. The van der Waals surface area contributed by atoms with E-state index in [1.165, 1.54) is 22.3 Å². The van der Waals surface area contributed by atoms with Crippen molar-refractivity contribution in [2.45, 2.75) is 66.3 Å². The van der Waals surface area contributed by atoms with Gasteiger partial charge in [0.05, 0.1) is 11.6 Å². The van der Waals surface area contributed by atoms with Crippen LogP contribution in [0, 0.1) is 11.3 Å². The molecule has 1 aliphatic rings. The van der Waals surface area contributed by atoms with E-state index in [0.717, 1.165) is 24.8 Å². The molecule has 2 rings (SSSR count). The van der Waals surface area contributed by atoms with E-state index in [4.69, 9.17) is 5.26 Å². The van der Waals surface area contributed by atoms with Crippen molar-refractivity contribution in [3.05, 3.63) is 102 Å². The fraction of sp³-hybridized carbons (Fsp3) is 0.367. The number of hydrogen-bond acceptors (Lipinski definition) is 2. The Morgan fingerprint density at radius 2 is 2.00 bits per heavy atom. The largest absolute Gasteiger partial charge is 0.311 e. The summed E-state index contributed by atoms with van der Waals surface area (Å²) in [5.74, 6) is 0. The Morgan fingerprint density at radius 1 is 1.31 bits per heavy atom. The number of likely N-dealkylation sites (N-methyl/N-ethyl adjacent to an activating group) is 1. The first-order valence-electron chi connectivity index (χ1n) is 11.5. The van der Waals surface area contributed by atoms with Crippen molar-refractivity contribution >= 4 is 5.57 Å². The first-order valence-corrected chi connectivity index (χ1v) is 11.5. The fourth-order valence-electron chi connectivity index (χ4n) is 3.40. The minimum Gasteiger partial charge on any atom is -0.311 e. The maximum atomic E-state index is 9.02. The summed E-state index contributed by atoms with van der Waals surface area (Å²) in [5.41, 5.74) is 6.78. The molecule has 1 unspecified atom stereocenters. The summed E-state index contributed by atoms with van der Waals surface area (Å²) in [6.07, 6.45) is 15.4. The lowest BCUT2D eigenvalue weighted by Gasteiger charge is -2.31. The quantitative estimate of drug-likeness (QED) is 0.332. The van der Waals surface area contributed by atoms with Crippen molar-refractivity contribution < 1.29 is 0 Å². The van der Waals surface area contributed by atoms with Crippen molar-refractivity contribution in [1.82, 2.24) is 5.32 Å². The van der Waals surface area contributed by atoms with Gasteiger partial charge in [0.25, 0.3) is 0 Å². The van der Waals surface area contributed by atoms with Gasteiger partial charge in [0, 0.05) is 5.54 Å². The van der Waals surface area contributed by atoms with Crippen molar-refractivity contribution in [2.24, 2.45) is 0 Å². The lowest BCUT2D eigenvalue weighted by atomic mass is 9.85. The van der Waals surface area contributed by atoms with Crippen LogP contribution in [-0.2, 0) is 0 Å². The smallest absolute Gasteiger partial charge is 0.0991 e. The molecule has 0 aromatic heterocycles. The van der Waals surface area contributed by atoms with Gasteiger partial charge in [-0.2, -0.15) is 5.26 Å². The van der Waals surface area contributed by atoms with Crippen molar-refractivity contribution in [2.75, 3.05) is 7.05 Å². The first kappa shape index (κ1) is 29.1. The molecule has 1 atom stereocenters. The van der Waals surface area contributed by atoms with E-state index in [9.17, 15) is 0 Å². The summed E-state index contributed by atoms with van der Waals surface area (Å²) in [6, 6.07) is 9.97. The van der Waals surface area contributed by atoms with Crippen LogP contribution in [0.25, 0.3) is 5.57 Å². The van der Waals surface area contributed by atoms with Crippen LogP contribution >= 0.6 is 0 Å². The summed E-state index contributed by atoms with van der Waals surface area (Å²) < 4.78 is 0. The van der Waals surface area contributed by atoms with Gasteiger partial charge in [0.15, 0.2) is 0 Å². The minimum absolute atomic E-state index is 0.0586. The van der Waals surface area contributed by atoms with Crippen LogP contribution in [0.15, 0.2) is 90.6 Å². The van der Waals surface area contributed by atoms with Crippen LogP contribution in [-0.4, -0.2) is 12.6 Å². The molecule has 32 heavy (non-hydrogen) atoms. The number of rotatable bonds is 8. The molecule has 2 nitrogen and oxygen atoms in total. The number of benzene rings is 1. The summed E-state index contributed by atoms with van der Waals surface area (Å²) in [6.45, 7) is 20.1. The number of allylic oxidation sites excluding steroid dienone is 8. The molecule has 1 aliphatic carbocycles. The predicted molar refractivity (Wildman–Crippen MR) is 143 cm³/mol. The third-order valence-corrected chi connectivity index (χ3v) is 5.29. The van der Waals surface area contributed by atoms with E-state index < -0.39 is 0 Å². The molecule has 0 radical (unpaired) electrons. The van der Waals surface area contributed by atoms with Gasteiger partial charge in [-0.25, -0.2) is 0 Å². The van der Waals surface area contributed by atoms with Gasteiger partial charge in [-0.3, -0.25) is 0 Å². The average molecular weight is 431 g/mol. The van der Waals surface area contributed by atoms with E-state index in [1.54, 1.807) is 0 Å². The average Bonchev–Trinajstić information content (AvgIpc) is 3.32. The molecule has 2 heteroatoms.